The Kier molecular flexibility index (Phi) is 10.7. The van der Waals surface area contributed by atoms with Crippen LogP contribution in [0.3, 0.4) is 0 Å². The minimum Gasteiger partial charge on any atom is -0.480 e. The van der Waals surface area contributed by atoms with Crippen molar-refractivity contribution in [1.82, 2.24) is 4.90 Å². The predicted octanol–water partition coefficient (Wildman–Crippen LogP) is -3.49. The molecule has 0 heterocycles. The summed E-state index contributed by atoms with van der Waals surface area (Å²) in [5.41, 5.74) is 5.32. The molecule has 0 unspecified atom stereocenters. The van der Waals surface area contributed by atoms with Gasteiger partial charge in [-0.3, -0.25) is 9.59 Å². The van der Waals surface area contributed by atoms with E-state index in [9.17, 15) is 39.6 Å². The Labute approximate surface area is 154 Å². The third-order valence-corrected chi connectivity index (χ3v) is 3.95. The lowest BCUT2D eigenvalue weighted by molar-refractivity contribution is -0.166. The molecule has 1 amide bonds. The molecule has 0 bridgehead atoms. The Bertz CT molecular complexity index is 541. The van der Waals surface area contributed by atoms with Crippen LogP contribution in [0.5, 0.6) is 0 Å². The number of nitrogens with zero attached hydrogens (tertiary/aromatic N) is 1. The van der Waals surface area contributed by atoms with Gasteiger partial charge in [0.25, 0.3) is 11.7 Å². The predicted molar refractivity (Wildman–Crippen MR) is 88.4 cm³/mol. The zero-order valence-electron chi connectivity index (χ0n) is 14.8. The van der Waals surface area contributed by atoms with Gasteiger partial charge in [-0.15, -0.1) is 0 Å². The second kappa shape index (κ2) is 11.6. The van der Waals surface area contributed by atoms with Crippen LogP contribution >= 0.6 is 0 Å². The van der Waals surface area contributed by atoms with Gasteiger partial charge >= 0.3 is 11.9 Å². The van der Waals surface area contributed by atoms with Crippen molar-refractivity contribution in [2.24, 2.45) is 5.73 Å². The average molecular weight is 394 g/mol. The molecular formula is C15H26N2O10. The number of ketones is 1. The molecule has 0 radical (unpaired) electrons. The lowest BCUT2D eigenvalue weighted by atomic mass is 10.0. The smallest absolute Gasteiger partial charge is 0.326 e. The van der Waals surface area contributed by atoms with Crippen LogP contribution in [0.1, 0.15) is 26.2 Å². The third-order valence-electron chi connectivity index (χ3n) is 3.95. The fraction of sp³-hybridized carbons (Fsp3) is 0.733. The summed E-state index contributed by atoms with van der Waals surface area (Å²) in [6, 6.07) is -3.42. The van der Waals surface area contributed by atoms with Gasteiger partial charge in [-0.05, 0) is 32.7 Å². The molecule has 12 heteroatoms. The fourth-order valence-corrected chi connectivity index (χ4v) is 2.30. The molecule has 5 atom stereocenters. The van der Waals surface area contributed by atoms with E-state index in [0.717, 1.165) is 6.92 Å². The maximum absolute atomic E-state index is 12.4. The van der Waals surface area contributed by atoms with Gasteiger partial charge in [0.1, 0.15) is 24.3 Å². The van der Waals surface area contributed by atoms with Crippen LogP contribution in [-0.2, 0) is 19.2 Å². The normalized spacial score (nSPS) is 16.7. The first kappa shape index (κ1) is 24.9. The largest absolute Gasteiger partial charge is 0.480 e. The number of nitrogens with two attached hydrogens (primary N) is 1. The highest BCUT2D eigenvalue weighted by molar-refractivity contribution is 6.38. The van der Waals surface area contributed by atoms with E-state index in [2.05, 4.69) is 0 Å². The summed E-state index contributed by atoms with van der Waals surface area (Å²) in [4.78, 5) is 47.7. The molecule has 0 aliphatic heterocycles. The summed E-state index contributed by atoms with van der Waals surface area (Å²) in [6.45, 7) is 0.196. The number of carbonyl (C=O) groups excluding carboxylic acids is 2. The highest BCUT2D eigenvalue weighted by atomic mass is 16.4. The molecule has 0 aliphatic rings. The van der Waals surface area contributed by atoms with Crippen molar-refractivity contribution in [3.05, 3.63) is 0 Å². The van der Waals surface area contributed by atoms with E-state index in [1.54, 1.807) is 0 Å². The Morgan fingerprint density at radius 2 is 1.56 bits per heavy atom. The SMILES string of the molecule is C[C@H](C(=O)O)N(C(=O)C(=O)[C@@H](O)[C@H](O)[C@@H](O)CO)[C@@H](CCCCN)C(=O)O. The zero-order valence-corrected chi connectivity index (χ0v) is 14.8. The van der Waals surface area contributed by atoms with E-state index in [0.29, 0.717) is 11.3 Å². The number of unbranched alkanes of at least 4 members (excludes halogenated alkanes) is 1. The van der Waals surface area contributed by atoms with E-state index in [4.69, 9.17) is 15.9 Å². The van der Waals surface area contributed by atoms with Gasteiger partial charge in [0.2, 0.25) is 0 Å². The van der Waals surface area contributed by atoms with Gasteiger partial charge < -0.3 is 41.3 Å². The number of carboxylic acid groups (broad SMARTS) is 2. The first-order chi connectivity index (χ1) is 12.5. The van der Waals surface area contributed by atoms with Crippen molar-refractivity contribution < 1.29 is 49.8 Å². The Balaban J connectivity index is 5.72. The zero-order chi connectivity index (χ0) is 21.3. The number of aliphatic carboxylic acids is 2. The molecule has 8 N–H and O–H groups in total. The highest BCUT2D eigenvalue weighted by Crippen LogP contribution is 2.16. The molecule has 156 valence electrons. The van der Waals surface area contributed by atoms with Gasteiger partial charge in [-0.1, -0.05) is 0 Å². The standard InChI is InChI=1S/C15H26N2O10/c1-7(14(24)25)17(8(15(26)27)4-2-3-5-16)13(23)12(22)11(21)10(20)9(19)6-18/h7-11,18-21H,2-6,16H2,1H3,(H,24,25)(H,26,27)/t7-,8+,9+,10-,11+/m1/s1. The second-order valence-electron chi connectivity index (χ2n) is 5.91. The Morgan fingerprint density at radius 1 is 1.00 bits per heavy atom. The van der Waals surface area contributed by atoms with Crippen LogP contribution in [0.2, 0.25) is 0 Å². The quantitative estimate of drug-likeness (QED) is 0.120. The second-order valence-corrected chi connectivity index (χ2v) is 5.91. The van der Waals surface area contributed by atoms with E-state index in [-0.39, 0.29) is 19.4 Å². The van der Waals surface area contributed by atoms with Crippen LogP contribution in [0.25, 0.3) is 0 Å². The lowest BCUT2D eigenvalue weighted by Gasteiger charge is -2.32. The van der Waals surface area contributed by atoms with E-state index >= 15 is 0 Å². The number of amides is 1. The summed E-state index contributed by atoms with van der Waals surface area (Å²) in [5.74, 6) is -6.52. The van der Waals surface area contributed by atoms with E-state index in [1.807, 2.05) is 0 Å². The van der Waals surface area contributed by atoms with Crippen LogP contribution in [0.4, 0.5) is 0 Å². The number of rotatable bonds is 13. The molecule has 0 fully saturated rings. The lowest BCUT2D eigenvalue weighted by Crippen LogP contribution is -2.58. The van der Waals surface area contributed by atoms with Crippen molar-refractivity contribution in [1.29, 1.82) is 0 Å². The van der Waals surface area contributed by atoms with Crippen molar-refractivity contribution >= 4 is 23.6 Å². The van der Waals surface area contributed by atoms with Gasteiger partial charge in [-0.2, -0.15) is 0 Å². The van der Waals surface area contributed by atoms with Crippen LogP contribution < -0.4 is 5.73 Å². The number of carbonyl (C=O) groups is 4. The van der Waals surface area contributed by atoms with E-state index < -0.39 is 60.6 Å². The molecule has 12 nitrogen and oxygen atoms in total. The minimum absolute atomic E-state index is 0.193. The molecule has 0 spiro atoms. The number of hydrogen-bond donors (Lipinski definition) is 7. The van der Waals surface area contributed by atoms with Crippen LogP contribution in [0, 0.1) is 0 Å². The maximum Gasteiger partial charge on any atom is 0.326 e. The van der Waals surface area contributed by atoms with Crippen molar-refractivity contribution in [2.45, 2.75) is 56.6 Å². The fourth-order valence-electron chi connectivity index (χ4n) is 2.30. The summed E-state index contributed by atoms with van der Waals surface area (Å²) in [6.07, 6.45) is -6.23. The van der Waals surface area contributed by atoms with Crippen molar-refractivity contribution in [2.75, 3.05) is 13.2 Å². The summed E-state index contributed by atoms with van der Waals surface area (Å²) in [7, 11) is 0. The van der Waals surface area contributed by atoms with Gasteiger partial charge in [0, 0.05) is 0 Å². The Hall–Kier alpha value is -2.12. The molecule has 0 aromatic heterocycles. The number of Topliss-reactive ketones (excluding diaryl/α,β-unsaturated/α-hetero) is 1. The van der Waals surface area contributed by atoms with Gasteiger partial charge in [0.15, 0.2) is 6.10 Å². The van der Waals surface area contributed by atoms with Gasteiger partial charge in [0.05, 0.1) is 6.61 Å². The summed E-state index contributed by atoms with van der Waals surface area (Å²) in [5, 5.41) is 55.8. The van der Waals surface area contributed by atoms with Crippen LogP contribution in [0.15, 0.2) is 0 Å². The highest BCUT2D eigenvalue weighted by Gasteiger charge is 2.42. The number of aliphatic hydroxyl groups excluding tert-OH is 4. The molecule has 0 saturated carbocycles. The summed E-state index contributed by atoms with van der Waals surface area (Å²) >= 11 is 0. The van der Waals surface area contributed by atoms with Crippen molar-refractivity contribution in [3.63, 3.8) is 0 Å². The first-order valence-corrected chi connectivity index (χ1v) is 8.18. The molecule has 0 aliphatic carbocycles. The molecule has 0 aromatic rings. The monoisotopic (exact) mass is 394 g/mol. The topological polar surface area (TPSA) is 219 Å². The van der Waals surface area contributed by atoms with Crippen LogP contribution in [-0.4, -0.2) is 103 Å². The Morgan fingerprint density at radius 3 is 1.96 bits per heavy atom. The molecule has 0 rings (SSSR count). The first-order valence-electron chi connectivity index (χ1n) is 8.18. The van der Waals surface area contributed by atoms with E-state index in [1.165, 1.54) is 0 Å². The minimum atomic E-state index is -2.48. The third kappa shape index (κ3) is 6.84. The number of aliphatic hydroxyl groups is 4. The van der Waals surface area contributed by atoms with Crippen molar-refractivity contribution in [3.8, 4) is 0 Å². The molecule has 0 saturated heterocycles. The average Bonchev–Trinajstić information content (AvgIpc) is 2.63. The number of hydrogen-bond acceptors (Lipinski definition) is 9. The van der Waals surface area contributed by atoms with Gasteiger partial charge in [-0.25, -0.2) is 9.59 Å². The summed E-state index contributed by atoms with van der Waals surface area (Å²) < 4.78 is 0. The maximum atomic E-state index is 12.4. The molecule has 27 heavy (non-hydrogen) atoms. The number of carboxylic acids is 2. The molecular weight excluding hydrogens is 368 g/mol. The molecule has 0 aromatic carbocycles.